The van der Waals surface area contributed by atoms with Crippen molar-refractivity contribution in [1.82, 2.24) is 4.90 Å². The summed E-state index contributed by atoms with van der Waals surface area (Å²) in [5.41, 5.74) is 1.36. The first-order valence-electron chi connectivity index (χ1n) is 8.33. The first-order chi connectivity index (χ1) is 10.3. The van der Waals surface area contributed by atoms with Crippen molar-refractivity contribution in [2.24, 2.45) is 5.92 Å². The van der Waals surface area contributed by atoms with Gasteiger partial charge in [0.15, 0.2) is 0 Å². The Morgan fingerprint density at radius 2 is 1.71 bits per heavy atom. The molecular formula is C18H27NOS. The molecule has 2 aliphatic rings. The van der Waals surface area contributed by atoms with Gasteiger partial charge in [-0.2, -0.15) is 0 Å². The number of thioether (sulfide) groups is 1. The fourth-order valence-corrected chi connectivity index (χ4v) is 4.58. The Morgan fingerprint density at radius 1 is 1.05 bits per heavy atom. The van der Waals surface area contributed by atoms with E-state index in [-0.39, 0.29) is 0 Å². The Labute approximate surface area is 133 Å². The highest BCUT2D eigenvalue weighted by Crippen LogP contribution is 2.36. The van der Waals surface area contributed by atoms with Crippen molar-refractivity contribution < 1.29 is 4.74 Å². The van der Waals surface area contributed by atoms with Crippen LogP contribution in [0, 0.1) is 12.8 Å². The Balaban J connectivity index is 1.41. The van der Waals surface area contributed by atoms with Gasteiger partial charge < -0.3 is 4.74 Å². The van der Waals surface area contributed by atoms with E-state index in [1.54, 1.807) is 0 Å². The van der Waals surface area contributed by atoms with Crippen LogP contribution in [-0.4, -0.2) is 43.0 Å². The number of ether oxygens (including phenoxy) is 1. The molecule has 1 aromatic carbocycles. The average molecular weight is 305 g/mol. The maximum atomic E-state index is 5.44. The molecule has 1 saturated heterocycles. The van der Waals surface area contributed by atoms with Crippen LogP contribution in [0.25, 0.3) is 0 Å². The summed E-state index contributed by atoms with van der Waals surface area (Å²) >= 11 is 2.09. The van der Waals surface area contributed by atoms with Crippen LogP contribution in [0.1, 0.15) is 31.2 Å². The summed E-state index contributed by atoms with van der Waals surface area (Å²) < 4.78 is 5.44. The molecule has 0 spiro atoms. The highest BCUT2D eigenvalue weighted by atomic mass is 32.2. The predicted molar refractivity (Wildman–Crippen MR) is 90.0 cm³/mol. The third kappa shape index (κ3) is 4.73. The number of nitrogens with zero attached hydrogens (tertiary/aromatic N) is 1. The zero-order valence-electron chi connectivity index (χ0n) is 13.1. The summed E-state index contributed by atoms with van der Waals surface area (Å²) in [5, 5.41) is 0.827. The molecule has 0 bridgehead atoms. The summed E-state index contributed by atoms with van der Waals surface area (Å²) in [6.45, 7) is 7.59. The van der Waals surface area contributed by atoms with E-state index < -0.39 is 0 Å². The normalized spacial score (nSPS) is 27.7. The van der Waals surface area contributed by atoms with Crippen molar-refractivity contribution in [3.05, 3.63) is 29.8 Å². The largest absolute Gasteiger partial charge is 0.379 e. The van der Waals surface area contributed by atoms with Crippen molar-refractivity contribution >= 4 is 11.8 Å². The highest BCUT2D eigenvalue weighted by molar-refractivity contribution is 8.00. The lowest BCUT2D eigenvalue weighted by molar-refractivity contribution is 0.0280. The van der Waals surface area contributed by atoms with E-state index in [0.29, 0.717) is 0 Å². The molecule has 1 aromatic rings. The summed E-state index contributed by atoms with van der Waals surface area (Å²) in [5.74, 6) is 0.915. The van der Waals surface area contributed by atoms with Gasteiger partial charge in [-0.15, -0.1) is 11.8 Å². The lowest BCUT2D eigenvalue weighted by atomic mass is 9.88. The first kappa shape index (κ1) is 15.4. The van der Waals surface area contributed by atoms with Crippen LogP contribution in [0.5, 0.6) is 0 Å². The smallest absolute Gasteiger partial charge is 0.0594 e. The molecule has 21 heavy (non-hydrogen) atoms. The third-order valence-corrected chi connectivity index (χ3v) is 6.09. The van der Waals surface area contributed by atoms with Crippen LogP contribution < -0.4 is 0 Å². The van der Waals surface area contributed by atoms with Crippen molar-refractivity contribution in [1.29, 1.82) is 0 Å². The summed E-state index contributed by atoms with van der Waals surface area (Å²) in [6.07, 6.45) is 5.57. The van der Waals surface area contributed by atoms with Gasteiger partial charge in [0.2, 0.25) is 0 Å². The Morgan fingerprint density at radius 3 is 2.38 bits per heavy atom. The van der Waals surface area contributed by atoms with Crippen LogP contribution in [0.15, 0.2) is 29.2 Å². The molecule has 0 aromatic heterocycles. The number of hydrogen-bond donors (Lipinski definition) is 0. The van der Waals surface area contributed by atoms with Gasteiger partial charge in [0.25, 0.3) is 0 Å². The zero-order chi connectivity index (χ0) is 14.5. The molecule has 1 aliphatic heterocycles. The van der Waals surface area contributed by atoms with Gasteiger partial charge in [-0.3, -0.25) is 4.90 Å². The van der Waals surface area contributed by atoms with Crippen molar-refractivity contribution in [2.75, 3.05) is 32.8 Å². The molecule has 2 nitrogen and oxygen atoms in total. The molecular weight excluding hydrogens is 278 g/mol. The van der Waals surface area contributed by atoms with Crippen LogP contribution in [0.3, 0.4) is 0 Å². The van der Waals surface area contributed by atoms with Gasteiger partial charge in [0.05, 0.1) is 13.2 Å². The second kappa shape index (κ2) is 7.66. The molecule has 1 heterocycles. The van der Waals surface area contributed by atoms with Gasteiger partial charge in [-0.25, -0.2) is 0 Å². The monoisotopic (exact) mass is 305 g/mol. The van der Waals surface area contributed by atoms with Gasteiger partial charge in [0.1, 0.15) is 0 Å². The molecule has 3 heteroatoms. The fourth-order valence-electron chi connectivity index (χ4n) is 3.39. The van der Waals surface area contributed by atoms with Gasteiger partial charge in [0, 0.05) is 29.8 Å². The van der Waals surface area contributed by atoms with Crippen molar-refractivity contribution in [2.45, 2.75) is 42.8 Å². The zero-order valence-corrected chi connectivity index (χ0v) is 13.9. The lowest BCUT2D eigenvalue weighted by Gasteiger charge is -2.34. The predicted octanol–water partition coefficient (Wildman–Crippen LogP) is 3.98. The molecule has 0 radical (unpaired) electrons. The summed E-state index contributed by atoms with van der Waals surface area (Å²) in [7, 11) is 0. The lowest BCUT2D eigenvalue weighted by Crippen LogP contribution is -2.40. The maximum absolute atomic E-state index is 5.44. The minimum Gasteiger partial charge on any atom is -0.379 e. The van der Waals surface area contributed by atoms with E-state index in [9.17, 15) is 0 Å². The summed E-state index contributed by atoms with van der Waals surface area (Å²) in [6, 6.07) is 9.01. The van der Waals surface area contributed by atoms with E-state index in [4.69, 9.17) is 4.74 Å². The van der Waals surface area contributed by atoms with Crippen molar-refractivity contribution in [3.8, 4) is 0 Å². The SMILES string of the molecule is Cc1ccc(SC2CCC(CN3CCOCC3)CC2)cc1. The van der Waals surface area contributed by atoms with E-state index >= 15 is 0 Å². The Bertz CT molecular complexity index is 419. The third-order valence-electron chi connectivity index (χ3n) is 4.74. The Kier molecular flexibility index (Phi) is 5.61. The molecule has 116 valence electrons. The van der Waals surface area contributed by atoms with Gasteiger partial charge in [-0.05, 0) is 50.7 Å². The molecule has 2 fully saturated rings. The second-order valence-corrected chi connectivity index (χ2v) is 7.86. The Hall–Kier alpha value is -0.510. The van der Waals surface area contributed by atoms with E-state index in [2.05, 4.69) is 47.9 Å². The molecule has 0 N–H and O–H groups in total. The van der Waals surface area contributed by atoms with Crippen LogP contribution in [0.4, 0.5) is 0 Å². The van der Waals surface area contributed by atoms with Crippen LogP contribution in [-0.2, 0) is 4.74 Å². The number of benzene rings is 1. The fraction of sp³-hybridized carbons (Fsp3) is 0.667. The van der Waals surface area contributed by atoms with Crippen molar-refractivity contribution in [3.63, 3.8) is 0 Å². The van der Waals surface area contributed by atoms with Gasteiger partial charge >= 0.3 is 0 Å². The highest BCUT2D eigenvalue weighted by Gasteiger charge is 2.24. The number of rotatable bonds is 4. The molecule has 1 saturated carbocycles. The second-order valence-electron chi connectivity index (χ2n) is 6.49. The standard InChI is InChI=1S/C18H27NOS/c1-15-2-6-17(7-3-15)21-18-8-4-16(5-9-18)14-19-10-12-20-13-11-19/h2-3,6-7,16,18H,4-5,8-14H2,1H3. The first-order valence-corrected chi connectivity index (χ1v) is 9.21. The van der Waals surface area contributed by atoms with E-state index in [1.807, 2.05) is 0 Å². The summed E-state index contributed by atoms with van der Waals surface area (Å²) in [4.78, 5) is 4.04. The molecule has 1 aliphatic carbocycles. The molecule has 0 atom stereocenters. The quantitative estimate of drug-likeness (QED) is 0.835. The van der Waals surface area contributed by atoms with E-state index in [1.165, 1.54) is 42.7 Å². The van der Waals surface area contributed by atoms with Crippen LogP contribution >= 0.6 is 11.8 Å². The number of morpholine rings is 1. The topological polar surface area (TPSA) is 12.5 Å². The number of hydrogen-bond acceptors (Lipinski definition) is 3. The molecule has 0 amide bonds. The maximum Gasteiger partial charge on any atom is 0.0594 e. The van der Waals surface area contributed by atoms with E-state index in [0.717, 1.165) is 37.5 Å². The minimum absolute atomic E-state index is 0.827. The molecule has 0 unspecified atom stereocenters. The average Bonchev–Trinajstić information content (AvgIpc) is 2.53. The van der Waals surface area contributed by atoms with Gasteiger partial charge in [-0.1, -0.05) is 17.7 Å². The van der Waals surface area contributed by atoms with Crippen LogP contribution in [0.2, 0.25) is 0 Å². The molecule has 3 rings (SSSR count). The minimum atomic E-state index is 0.827. The number of aryl methyl sites for hydroxylation is 1.